The number of amides is 3. The second kappa shape index (κ2) is 9.12. The van der Waals surface area contributed by atoms with E-state index in [9.17, 15) is 24.3 Å². The molecule has 1 saturated heterocycles. The molecule has 0 aromatic carbocycles. The van der Waals surface area contributed by atoms with E-state index in [2.05, 4.69) is 20.8 Å². The topological polar surface area (TPSA) is 150 Å². The van der Waals surface area contributed by atoms with Gasteiger partial charge in [-0.3, -0.25) is 19.3 Å². The van der Waals surface area contributed by atoms with Crippen LogP contribution in [0.2, 0.25) is 0 Å². The molecule has 2 aliphatic heterocycles. The molecule has 1 aromatic rings. The minimum absolute atomic E-state index is 0.0916. The minimum atomic E-state index is -1.20. The molecule has 3 unspecified atom stereocenters. The maximum Gasteiger partial charge on any atom is 0.352 e. The summed E-state index contributed by atoms with van der Waals surface area (Å²) in [5.74, 6) is -2.40. The lowest BCUT2D eigenvalue weighted by molar-refractivity contribution is -0.150. The molecule has 4 rings (SSSR count). The molecular weight excluding hydrogens is 458 g/mol. The van der Waals surface area contributed by atoms with Gasteiger partial charge in [0.1, 0.15) is 28.9 Å². The fourth-order valence-corrected chi connectivity index (χ4v) is 5.44. The van der Waals surface area contributed by atoms with Crippen LogP contribution in [-0.4, -0.2) is 67.7 Å². The number of thiazole rings is 1. The zero-order chi connectivity index (χ0) is 22.8. The van der Waals surface area contributed by atoms with Crippen LogP contribution >= 0.6 is 23.1 Å². The Morgan fingerprint density at radius 3 is 2.94 bits per heavy atom. The molecule has 0 radical (unpaired) electrons. The van der Waals surface area contributed by atoms with Crippen LogP contribution < -0.4 is 10.6 Å². The third-order valence-electron chi connectivity index (χ3n) is 4.95. The number of rotatable bonds is 8. The average Bonchev–Trinajstić information content (AvgIpc) is 3.44. The molecule has 3 aliphatic rings. The average molecular weight is 478 g/mol. The van der Waals surface area contributed by atoms with Gasteiger partial charge in [0.2, 0.25) is 6.41 Å². The second-order valence-electron chi connectivity index (χ2n) is 7.14. The van der Waals surface area contributed by atoms with Crippen LogP contribution in [0.15, 0.2) is 34.5 Å². The van der Waals surface area contributed by atoms with Gasteiger partial charge in [0.05, 0.1) is 0 Å². The highest BCUT2D eigenvalue weighted by Gasteiger charge is 2.54. The fourth-order valence-electron chi connectivity index (χ4n) is 3.45. The van der Waals surface area contributed by atoms with Gasteiger partial charge in [-0.2, -0.15) is 0 Å². The van der Waals surface area contributed by atoms with E-state index < -0.39 is 29.2 Å². The smallest absolute Gasteiger partial charge is 0.352 e. The van der Waals surface area contributed by atoms with Crippen LogP contribution in [0.4, 0.5) is 5.13 Å². The predicted molar refractivity (Wildman–Crippen MR) is 117 cm³/mol. The van der Waals surface area contributed by atoms with Crippen LogP contribution in [-0.2, 0) is 24.0 Å². The number of nitrogens with one attached hydrogen (secondary N) is 2. The number of allylic oxidation sites excluding steroid dienone is 1. The molecule has 0 spiro atoms. The van der Waals surface area contributed by atoms with E-state index in [1.165, 1.54) is 28.1 Å². The van der Waals surface area contributed by atoms with E-state index in [-0.39, 0.29) is 33.6 Å². The lowest BCUT2D eigenvalue weighted by atomic mass is 10.0. The Balaban J connectivity index is 1.53. The molecule has 1 fully saturated rings. The number of hydrogen-bond acceptors (Lipinski definition) is 9. The van der Waals surface area contributed by atoms with Gasteiger partial charge in [-0.1, -0.05) is 11.2 Å². The van der Waals surface area contributed by atoms with E-state index >= 15 is 0 Å². The Hall–Kier alpha value is -3.19. The first-order valence-electron chi connectivity index (χ1n) is 9.70. The van der Waals surface area contributed by atoms with Crippen molar-refractivity contribution >= 4 is 58.1 Å². The summed E-state index contributed by atoms with van der Waals surface area (Å²) in [5.41, 5.74) is -0.0566. The Bertz CT molecular complexity index is 1050. The van der Waals surface area contributed by atoms with Crippen molar-refractivity contribution in [3.05, 3.63) is 35.0 Å². The van der Waals surface area contributed by atoms with E-state index in [1.807, 2.05) is 19.1 Å². The number of aliphatic carboxylic acids is 1. The highest BCUT2D eigenvalue weighted by Crippen LogP contribution is 2.40. The summed E-state index contributed by atoms with van der Waals surface area (Å²) in [6, 6.07) is -0.916. The maximum absolute atomic E-state index is 13.1. The summed E-state index contributed by atoms with van der Waals surface area (Å²) in [6.07, 6.45) is 7.06. The summed E-state index contributed by atoms with van der Waals surface area (Å²) in [6.45, 7) is 1.82. The van der Waals surface area contributed by atoms with Gasteiger partial charge in [-0.25, -0.2) is 9.78 Å². The lowest BCUT2D eigenvalue weighted by Crippen LogP contribution is -2.71. The van der Waals surface area contributed by atoms with E-state index in [1.54, 1.807) is 0 Å². The van der Waals surface area contributed by atoms with Gasteiger partial charge < -0.3 is 20.6 Å². The molecule has 1 aliphatic carbocycles. The molecule has 32 heavy (non-hydrogen) atoms. The van der Waals surface area contributed by atoms with Gasteiger partial charge in [0.15, 0.2) is 10.8 Å². The lowest BCUT2D eigenvalue weighted by Gasteiger charge is -2.49. The highest BCUT2D eigenvalue weighted by atomic mass is 32.2. The van der Waals surface area contributed by atoms with Crippen LogP contribution in [0.1, 0.15) is 25.5 Å². The van der Waals surface area contributed by atoms with Crippen LogP contribution in [0.25, 0.3) is 0 Å². The third-order valence-corrected chi connectivity index (χ3v) is 7.05. The number of hydrogen-bond donors (Lipinski definition) is 3. The highest BCUT2D eigenvalue weighted by molar-refractivity contribution is 8.00. The number of carbonyl (C=O) groups is 4. The van der Waals surface area contributed by atoms with E-state index in [0.29, 0.717) is 6.41 Å². The van der Waals surface area contributed by atoms with Crippen molar-refractivity contribution in [3.8, 4) is 0 Å². The molecule has 3 heterocycles. The SMILES string of the molecule is CC1C=C(C(=O)O)N2C(=O)C(NC(=O)C(=NOC3C=CCC3)c3csc(NC=O)n3)[C@@H]2S1. The summed E-state index contributed by atoms with van der Waals surface area (Å²) in [4.78, 5) is 58.6. The van der Waals surface area contributed by atoms with Crippen LogP contribution in [0.3, 0.4) is 0 Å². The first kappa shape index (κ1) is 22.0. The first-order valence-corrected chi connectivity index (χ1v) is 11.5. The van der Waals surface area contributed by atoms with Crippen molar-refractivity contribution < 1.29 is 29.1 Å². The molecule has 13 heteroatoms. The molecular formula is C19H19N5O6S2. The van der Waals surface area contributed by atoms with Crippen molar-refractivity contribution in [2.24, 2.45) is 5.16 Å². The molecule has 11 nitrogen and oxygen atoms in total. The van der Waals surface area contributed by atoms with Gasteiger partial charge in [-0.15, -0.1) is 23.1 Å². The molecule has 0 bridgehead atoms. The van der Waals surface area contributed by atoms with Crippen molar-refractivity contribution in [2.75, 3.05) is 5.32 Å². The summed E-state index contributed by atoms with van der Waals surface area (Å²) >= 11 is 2.47. The number of carboxylic acid groups (broad SMARTS) is 1. The van der Waals surface area contributed by atoms with Gasteiger partial charge in [0.25, 0.3) is 11.8 Å². The van der Waals surface area contributed by atoms with Crippen molar-refractivity contribution in [3.63, 3.8) is 0 Å². The van der Waals surface area contributed by atoms with E-state index in [4.69, 9.17) is 4.84 Å². The molecule has 1 aromatic heterocycles. The minimum Gasteiger partial charge on any atom is -0.477 e. The first-order chi connectivity index (χ1) is 15.4. The number of β-lactam (4-membered cyclic amide) rings is 1. The summed E-state index contributed by atoms with van der Waals surface area (Å²) in [7, 11) is 0. The van der Waals surface area contributed by atoms with Gasteiger partial charge >= 0.3 is 5.97 Å². The largest absolute Gasteiger partial charge is 0.477 e. The van der Waals surface area contributed by atoms with Crippen molar-refractivity contribution in [1.82, 2.24) is 15.2 Å². The second-order valence-corrected chi connectivity index (χ2v) is 9.49. The quantitative estimate of drug-likeness (QED) is 0.164. The van der Waals surface area contributed by atoms with Crippen LogP contribution in [0.5, 0.6) is 0 Å². The van der Waals surface area contributed by atoms with Crippen molar-refractivity contribution in [2.45, 2.75) is 42.5 Å². The third kappa shape index (κ3) is 4.25. The molecule has 3 amide bonds. The van der Waals surface area contributed by atoms with Gasteiger partial charge in [-0.05, 0) is 31.9 Å². The van der Waals surface area contributed by atoms with Crippen molar-refractivity contribution in [1.29, 1.82) is 0 Å². The Labute approximate surface area is 190 Å². The summed E-state index contributed by atoms with van der Waals surface area (Å²) in [5, 5.41) is 19.5. The Morgan fingerprint density at radius 1 is 1.44 bits per heavy atom. The maximum atomic E-state index is 13.1. The Morgan fingerprint density at radius 2 is 2.25 bits per heavy atom. The number of fused-ring (bicyclic) bond motifs is 1. The number of thioether (sulfide) groups is 1. The predicted octanol–water partition coefficient (Wildman–Crippen LogP) is 0.908. The van der Waals surface area contributed by atoms with Gasteiger partial charge in [0, 0.05) is 10.6 Å². The number of nitrogens with zero attached hydrogens (tertiary/aromatic N) is 3. The Kier molecular flexibility index (Phi) is 6.28. The normalized spacial score (nSPS) is 26.7. The molecule has 168 valence electrons. The van der Waals surface area contributed by atoms with Crippen LogP contribution in [0, 0.1) is 0 Å². The number of carboxylic acids is 1. The standard InChI is InChI=1S/C19H19N5O6S2/c1-9-6-12(18(28)29)24-16(27)14(17(24)32-9)22-15(26)13(23-30-10-4-2-3-5-10)11-7-31-19(21-11)20-8-25/h2,4,6-10,14,17H,3,5H2,1H3,(H,22,26)(H,28,29)(H,20,21,25)/t9?,10?,14?,17-/m0/s1. The molecule has 4 atom stereocenters. The molecule has 0 saturated carbocycles. The number of anilines is 1. The zero-order valence-corrected chi connectivity index (χ0v) is 18.4. The van der Waals surface area contributed by atoms with E-state index in [0.717, 1.165) is 24.2 Å². The monoisotopic (exact) mass is 477 g/mol. The molecule has 3 N–H and O–H groups in total. The number of oxime groups is 1. The number of aromatic nitrogens is 1. The fraction of sp³-hybridized carbons (Fsp3) is 0.368. The summed E-state index contributed by atoms with van der Waals surface area (Å²) < 4.78 is 0. The number of carbonyl (C=O) groups excluding carboxylic acids is 3. The zero-order valence-electron chi connectivity index (χ0n) is 16.8.